The molecule has 3 nitrogen and oxygen atoms in total. The number of aromatic nitrogens is 1. The van der Waals surface area contributed by atoms with Gasteiger partial charge < -0.3 is 10.1 Å². The number of rotatable bonds is 5. The van der Waals surface area contributed by atoms with E-state index in [0.29, 0.717) is 6.61 Å². The minimum Gasteiger partial charge on any atom is -0.380 e. The molecule has 0 aliphatic carbocycles. The SMILES string of the molecule is COCc1ccc(CNc2ccc(Br)nc2C)cc1. The molecule has 0 radical (unpaired) electrons. The van der Waals surface area contributed by atoms with Crippen LogP contribution in [0.1, 0.15) is 16.8 Å². The molecule has 0 bridgehead atoms. The fraction of sp³-hybridized carbons (Fsp3) is 0.267. The highest BCUT2D eigenvalue weighted by Crippen LogP contribution is 2.17. The first-order valence-electron chi connectivity index (χ1n) is 6.13. The Balaban J connectivity index is 1.98. The lowest BCUT2D eigenvalue weighted by atomic mass is 10.1. The number of methoxy groups -OCH3 is 1. The molecular formula is C15H17BrN2O. The maximum absolute atomic E-state index is 5.10. The summed E-state index contributed by atoms with van der Waals surface area (Å²) in [6.07, 6.45) is 0. The predicted octanol–water partition coefficient (Wildman–Crippen LogP) is 3.91. The normalized spacial score (nSPS) is 10.5. The molecule has 0 aliphatic heterocycles. The number of pyridine rings is 1. The van der Waals surface area contributed by atoms with Crippen LogP contribution in [0.25, 0.3) is 0 Å². The van der Waals surface area contributed by atoms with Gasteiger partial charge in [-0.25, -0.2) is 4.98 Å². The van der Waals surface area contributed by atoms with Crippen molar-refractivity contribution in [1.82, 2.24) is 4.98 Å². The van der Waals surface area contributed by atoms with E-state index in [2.05, 4.69) is 50.5 Å². The second kappa shape index (κ2) is 6.68. The van der Waals surface area contributed by atoms with Gasteiger partial charge in [-0.15, -0.1) is 0 Å². The number of halogens is 1. The van der Waals surface area contributed by atoms with Gasteiger partial charge in [0, 0.05) is 13.7 Å². The Labute approximate surface area is 122 Å². The summed E-state index contributed by atoms with van der Waals surface area (Å²) in [5.41, 5.74) is 4.48. The minimum absolute atomic E-state index is 0.656. The van der Waals surface area contributed by atoms with Gasteiger partial charge in [0.25, 0.3) is 0 Å². The van der Waals surface area contributed by atoms with E-state index in [9.17, 15) is 0 Å². The molecule has 0 atom stereocenters. The van der Waals surface area contributed by atoms with E-state index < -0.39 is 0 Å². The van der Waals surface area contributed by atoms with Gasteiger partial charge in [0.2, 0.25) is 0 Å². The van der Waals surface area contributed by atoms with E-state index >= 15 is 0 Å². The topological polar surface area (TPSA) is 34.1 Å². The number of anilines is 1. The van der Waals surface area contributed by atoms with E-state index in [1.807, 2.05) is 19.1 Å². The molecule has 0 unspecified atom stereocenters. The van der Waals surface area contributed by atoms with Crippen LogP contribution in [0.5, 0.6) is 0 Å². The van der Waals surface area contributed by atoms with Crippen LogP contribution >= 0.6 is 15.9 Å². The maximum Gasteiger partial charge on any atom is 0.106 e. The first-order valence-corrected chi connectivity index (χ1v) is 6.92. The molecular weight excluding hydrogens is 304 g/mol. The second-order valence-electron chi connectivity index (χ2n) is 4.37. The molecule has 1 heterocycles. The molecule has 0 aliphatic rings. The molecule has 19 heavy (non-hydrogen) atoms. The van der Waals surface area contributed by atoms with Crippen molar-refractivity contribution in [2.45, 2.75) is 20.1 Å². The molecule has 1 aromatic carbocycles. The Bertz CT molecular complexity index is 540. The minimum atomic E-state index is 0.656. The zero-order valence-corrected chi connectivity index (χ0v) is 12.7. The number of nitrogens with zero attached hydrogens (tertiary/aromatic N) is 1. The third-order valence-corrected chi connectivity index (χ3v) is 3.31. The lowest BCUT2D eigenvalue weighted by Crippen LogP contribution is -2.02. The van der Waals surface area contributed by atoms with Crippen molar-refractivity contribution in [3.63, 3.8) is 0 Å². The number of benzene rings is 1. The summed E-state index contributed by atoms with van der Waals surface area (Å²) in [4.78, 5) is 4.36. The largest absolute Gasteiger partial charge is 0.380 e. The number of hydrogen-bond acceptors (Lipinski definition) is 3. The van der Waals surface area contributed by atoms with Gasteiger partial charge in [0.05, 0.1) is 18.0 Å². The number of nitrogens with one attached hydrogen (secondary N) is 1. The molecule has 0 amide bonds. The van der Waals surface area contributed by atoms with E-state index in [1.54, 1.807) is 7.11 Å². The summed E-state index contributed by atoms with van der Waals surface area (Å²) < 4.78 is 5.96. The van der Waals surface area contributed by atoms with Gasteiger partial charge in [-0.1, -0.05) is 24.3 Å². The first-order chi connectivity index (χ1) is 9.19. The third kappa shape index (κ3) is 4.04. The van der Waals surface area contributed by atoms with Crippen LogP contribution in [0.4, 0.5) is 5.69 Å². The van der Waals surface area contributed by atoms with Crippen LogP contribution in [0, 0.1) is 6.92 Å². The average molecular weight is 321 g/mol. The lowest BCUT2D eigenvalue weighted by molar-refractivity contribution is 0.185. The van der Waals surface area contributed by atoms with Crippen LogP contribution in [-0.2, 0) is 17.9 Å². The highest BCUT2D eigenvalue weighted by molar-refractivity contribution is 9.10. The van der Waals surface area contributed by atoms with Crippen molar-refractivity contribution >= 4 is 21.6 Å². The fourth-order valence-corrected chi connectivity index (χ4v) is 2.23. The highest BCUT2D eigenvalue weighted by Gasteiger charge is 2.00. The van der Waals surface area contributed by atoms with Gasteiger partial charge in [-0.05, 0) is 46.1 Å². The van der Waals surface area contributed by atoms with Crippen molar-refractivity contribution in [2.75, 3.05) is 12.4 Å². The van der Waals surface area contributed by atoms with Gasteiger partial charge >= 0.3 is 0 Å². The summed E-state index contributed by atoms with van der Waals surface area (Å²) in [6, 6.07) is 12.4. The van der Waals surface area contributed by atoms with Crippen LogP contribution in [0.2, 0.25) is 0 Å². The first kappa shape index (κ1) is 14.0. The molecule has 0 fully saturated rings. The van der Waals surface area contributed by atoms with Crippen LogP contribution in [-0.4, -0.2) is 12.1 Å². The fourth-order valence-electron chi connectivity index (χ4n) is 1.83. The molecule has 1 aromatic heterocycles. The molecule has 2 rings (SSSR count). The lowest BCUT2D eigenvalue weighted by Gasteiger charge is -2.09. The molecule has 2 aromatic rings. The summed E-state index contributed by atoms with van der Waals surface area (Å²) in [6.45, 7) is 3.44. The zero-order chi connectivity index (χ0) is 13.7. The van der Waals surface area contributed by atoms with E-state index in [4.69, 9.17) is 4.74 Å². The van der Waals surface area contributed by atoms with Crippen LogP contribution in [0.15, 0.2) is 41.0 Å². The molecule has 4 heteroatoms. The van der Waals surface area contributed by atoms with Crippen molar-refractivity contribution in [1.29, 1.82) is 0 Å². The average Bonchev–Trinajstić information content (AvgIpc) is 2.40. The van der Waals surface area contributed by atoms with E-state index in [-0.39, 0.29) is 0 Å². The zero-order valence-electron chi connectivity index (χ0n) is 11.1. The Morgan fingerprint density at radius 1 is 1.11 bits per heavy atom. The van der Waals surface area contributed by atoms with Crippen molar-refractivity contribution < 1.29 is 4.74 Å². The number of hydrogen-bond donors (Lipinski definition) is 1. The Morgan fingerprint density at radius 3 is 2.42 bits per heavy atom. The van der Waals surface area contributed by atoms with Gasteiger partial charge in [0.15, 0.2) is 0 Å². The summed E-state index contributed by atoms with van der Waals surface area (Å²) in [7, 11) is 1.71. The van der Waals surface area contributed by atoms with Gasteiger partial charge in [0.1, 0.15) is 4.60 Å². The standard InChI is InChI=1S/C15H17BrN2O/c1-11-14(7-8-15(16)18-11)17-9-12-3-5-13(6-4-12)10-19-2/h3-8,17H,9-10H2,1-2H3. The van der Waals surface area contributed by atoms with Gasteiger partial charge in [-0.3, -0.25) is 0 Å². The summed E-state index contributed by atoms with van der Waals surface area (Å²) in [5.74, 6) is 0. The highest BCUT2D eigenvalue weighted by atomic mass is 79.9. The van der Waals surface area contributed by atoms with Crippen LogP contribution < -0.4 is 5.32 Å². The van der Waals surface area contributed by atoms with Crippen LogP contribution in [0.3, 0.4) is 0 Å². The molecule has 1 N–H and O–H groups in total. The second-order valence-corrected chi connectivity index (χ2v) is 5.18. The molecule has 0 saturated carbocycles. The maximum atomic E-state index is 5.10. The van der Waals surface area contributed by atoms with Crippen molar-refractivity contribution in [3.8, 4) is 0 Å². The monoisotopic (exact) mass is 320 g/mol. The summed E-state index contributed by atoms with van der Waals surface area (Å²) >= 11 is 3.36. The predicted molar refractivity (Wildman–Crippen MR) is 81.2 cm³/mol. The number of aryl methyl sites for hydroxylation is 1. The van der Waals surface area contributed by atoms with Crippen molar-refractivity contribution in [3.05, 3.63) is 57.8 Å². The van der Waals surface area contributed by atoms with E-state index in [0.717, 1.165) is 22.5 Å². The quantitative estimate of drug-likeness (QED) is 0.848. The number of ether oxygens (including phenoxy) is 1. The van der Waals surface area contributed by atoms with Gasteiger partial charge in [-0.2, -0.15) is 0 Å². The third-order valence-electron chi connectivity index (χ3n) is 2.87. The Kier molecular flexibility index (Phi) is 4.93. The molecule has 0 spiro atoms. The van der Waals surface area contributed by atoms with E-state index in [1.165, 1.54) is 11.1 Å². The molecule has 100 valence electrons. The Hall–Kier alpha value is -1.39. The molecule has 0 saturated heterocycles. The summed E-state index contributed by atoms with van der Waals surface area (Å²) in [5, 5.41) is 3.39. The Morgan fingerprint density at radius 2 is 1.79 bits per heavy atom. The smallest absolute Gasteiger partial charge is 0.106 e. The van der Waals surface area contributed by atoms with Crippen molar-refractivity contribution in [2.24, 2.45) is 0 Å².